The van der Waals surface area contributed by atoms with E-state index in [1.807, 2.05) is 0 Å². The predicted molar refractivity (Wildman–Crippen MR) is 56.6 cm³/mol. The van der Waals surface area contributed by atoms with Gasteiger partial charge in [-0.2, -0.15) is 4.98 Å². The van der Waals surface area contributed by atoms with E-state index >= 15 is 0 Å². The smallest absolute Gasteiger partial charge is 0.311 e. The first-order valence-electron chi connectivity index (χ1n) is 4.94. The molecule has 6 heteroatoms. The van der Waals surface area contributed by atoms with Gasteiger partial charge in [0, 0.05) is 0 Å². The highest BCUT2D eigenvalue weighted by Crippen LogP contribution is 2.12. The fourth-order valence-corrected chi connectivity index (χ4v) is 1.36. The van der Waals surface area contributed by atoms with Gasteiger partial charge < -0.3 is 14.7 Å². The second-order valence-corrected chi connectivity index (χ2v) is 3.52. The SMILES string of the molecule is O=C(O)Cc1noc(Cc2ccc(O)cc2)n1. The molecule has 2 N–H and O–H groups in total. The minimum atomic E-state index is -0.998. The van der Waals surface area contributed by atoms with E-state index < -0.39 is 5.97 Å². The number of phenols is 1. The van der Waals surface area contributed by atoms with Crippen molar-refractivity contribution in [2.24, 2.45) is 0 Å². The van der Waals surface area contributed by atoms with Crippen LogP contribution in [0.2, 0.25) is 0 Å². The van der Waals surface area contributed by atoms with E-state index in [2.05, 4.69) is 10.1 Å². The quantitative estimate of drug-likeness (QED) is 0.818. The summed E-state index contributed by atoms with van der Waals surface area (Å²) in [5.74, 6) is -0.300. The Morgan fingerprint density at radius 2 is 2.00 bits per heavy atom. The summed E-state index contributed by atoms with van der Waals surface area (Å²) in [4.78, 5) is 14.4. The van der Waals surface area contributed by atoms with Gasteiger partial charge in [0.1, 0.15) is 12.2 Å². The highest BCUT2D eigenvalue weighted by molar-refractivity contribution is 5.68. The molecule has 0 spiro atoms. The summed E-state index contributed by atoms with van der Waals surface area (Å²) in [5, 5.41) is 21.2. The first-order valence-corrected chi connectivity index (χ1v) is 4.94. The zero-order chi connectivity index (χ0) is 12.3. The lowest BCUT2D eigenvalue weighted by molar-refractivity contribution is -0.136. The Morgan fingerprint density at radius 1 is 1.29 bits per heavy atom. The molecule has 1 aromatic heterocycles. The lowest BCUT2D eigenvalue weighted by Crippen LogP contribution is -2.01. The average molecular weight is 234 g/mol. The van der Waals surface area contributed by atoms with Crippen molar-refractivity contribution in [3.8, 4) is 5.75 Å². The molecule has 6 nitrogen and oxygen atoms in total. The van der Waals surface area contributed by atoms with Crippen LogP contribution in [0, 0.1) is 0 Å². The molecular formula is C11H10N2O4. The van der Waals surface area contributed by atoms with Crippen LogP contribution in [0.25, 0.3) is 0 Å². The van der Waals surface area contributed by atoms with Gasteiger partial charge in [-0.1, -0.05) is 17.3 Å². The summed E-state index contributed by atoms with van der Waals surface area (Å²) in [6, 6.07) is 6.58. The maximum atomic E-state index is 10.4. The van der Waals surface area contributed by atoms with Crippen LogP contribution < -0.4 is 0 Å². The third kappa shape index (κ3) is 3.04. The van der Waals surface area contributed by atoms with E-state index in [1.165, 1.54) is 0 Å². The summed E-state index contributed by atoms with van der Waals surface area (Å²) in [5.41, 5.74) is 0.897. The van der Waals surface area contributed by atoms with Crippen molar-refractivity contribution in [3.05, 3.63) is 41.5 Å². The molecule has 0 bridgehead atoms. The minimum Gasteiger partial charge on any atom is -0.508 e. The number of nitrogens with zero attached hydrogens (tertiary/aromatic N) is 2. The fourth-order valence-electron chi connectivity index (χ4n) is 1.36. The predicted octanol–water partition coefficient (Wildman–Crippen LogP) is 0.993. The van der Waals surface area contributed by atoms with E-state index in [0.717, 1.165) is 5.56 Å². The zero-order valence-electron chi connectivity index (χ0n) is 8.83. The highest BCUT2D eigenvalue weighted by Gasteiger charge is 2.10. The van der Waals surface area contributed by atoms with Crippen LogP contribution >= 0.6 is 0 Å². The Morgan fingerprint density at radius 3 is 2.65 bits per heavy atom. The number of aromatic hydroxyl groups is 1. The molecule has 88 valence electrons. The lowest BCUT2D eigenvalue weighted by atomic mass is 10.1. The van der Waals surface area contributed by atoms with Crippen molar-refractivity contribution < 1.29 is 19.5 Å². The lowest BCUT2D eigenvalue weighted by Gasteiger charge is -1.96. The van der Waals surface area contributed by atoms with E-state index in [1.54, 1.807) is 24.3 Å². The number of aliphatic carboxylic acids is 1. The standard InChI is InChI=1S/C11H10N2O4/c14-8-3-1-7(2-4-8)5-10-12-9(13-17-10)6-11(15)16/h1-4,14H,5-6H2,(H,15,16). The van der Waals surface area contributed by atoms with Crippen molar-refractivity contribution in [2.45, 2.75) is 12.8 Å². The van der Waals surface area contributed by atoms with Crippen molar-refractivity contribution >= 4 is 5.97 Å². The van der Waals surface area contributed by atoms with Crippen molar-refractivity contribution in [1.82, 2.24) is 10.1 Å². The number of phenolic OH excluding ortho intramolecular Hbond substituents is 1. The molecule has 0 atom stereocenters. The van der Waals surface area contributed by atoms with Gasteiger partial charge in [0.2, 0.25) is 5.89 Å². The summed E-state index contributed by atoms with van der Waals surface area (Å²) in [6.45, 7) is 0. The monoisotopic (exact) mass is 234 g/mol. The van der Waals surface area contributed by atoms with E-state index in [-0.39, 0.29) is 18.0 Å². The van der Waals surface area contributed by atoms with Crippen LogP contribution in [0.4, 0.5) is 0 Å². The molecule has 0 saturated carbocycles. The molecule has 1 aromatic carbocycles. The summed E-state index contributed by atoms with van der Waals surface area (Å²) in [7, 11) is 0. The molecular weight excluding hydrogens is 224 g/mol. The molecule has 0 aliphatic heterocycles. The van der Waals surface area contributed by atoms with Gasteiger partial charge in [-0.15, -0.1) is 0 Å². The number of benzene rings is 1. The molecule has 0 aliphatic rings. The molecule has 0 amide bonds. The van der Waals surface area contributed by atoms with Crippen LogP contribution in [0.5, 0.6) is 5.75 Å². The normalized spacial score (nSPS) is 10.4. The number of aromatic nitrogens is 2. The van der Waals surface area contributed by atoms with Gasteiger partial charge in [0.25, 0.3) is 0 Å². The van der Waals surface area contributed by atoms with Gasteiger partial charge in [-0.25, -0.2) is 0 Å². The first-order chi connectivity index (χ1) is 8.13. The highest BCUT2D eigenvalue weighted by atomic mass is 16.5. The van der Waals surface area contributed by atoms with Gasteiger partial charge >= 0.3 is 5.97 Å². The topological polar surface area (TPSA) is 96.5 Å². The number of carboxylic acids is 1. The molecule has 2 aromatic rings. The third-order valence-electron chi connectivity index (χ3n) is 2.11. The van der Waals surface area contributed by atoms with Crippen molar-refractivity contribution in [1.29, 1.82) is 0 Å². The summed E-state index contributed by atoms with van der Waals surface area (Å²) < 4.78 is 4.91. The van der Waals surface area contributed by atoms with E-state index in [9.17, 15) is 4.79 Å². The molecule has 17 heavy (non-hydrogen) atoms. The van der Waals surface area contributed by atoms with Crippen molar-refractivity contribution in [2.75, 3.05) is 0 Å². The molecule has 0 aliphatic carbocycles. The largest absolute Gasteiger partial charge is 0.508 e. The molecule has 0 fully saturated rings. The Bertz CT molecular complexity index is 519. The summed E-state index contributed by atoms with van der Waals surface area (Å²) in [6.07, 6.45) is 0.159. The van der Waals surface area contributed by atoms with Crippen LogP contribution in [0.1, 0.15) is 17.3 Å². The van der Waals surface area contributed by atoms with Crippen LogP contribution in [-0.2, 0) is 17.6 Å². The Hall–Kier alpha value is -2.37. The number of hydrogen-bond acceptors (Lipinski definition) is 5. The number of hydrogen-bond donors (Lipinski definition) is 2. The molecule has 1 heterocycles. The minimum absolute atomic E-state index is 0.159. The fraction of sp³-hybridized carbons (Fsp3) is 0.182. The molecule has 0 unspecified atom stereocenters. The van der Waals surface area contributed by atoms with E-state index in [4.69, 9.17) is 14.7 Å². The number of carboxylic acid groups (broad SMARTS) is 1. The second kappa shape index (κ2) is 4.65. The van der Waals surface area contributed by atoms with Gasteiger partial charge in [0.05, 0.1) is 6.42 Å². The maximum absolute atomic E-state index is 10.4. The second-order valence-electron chi connectivity index (χ2n) is 3.52. The zero-order valence-corrected chi connectivity index (χ0v) is 8.83. The third-order valence-corrected chi connectivity index (χ3v) is 2.11. The van der Waals surface area contributed by atoms with Crippen LogP contribution in [-0.4, -0.2) is 26.3 Å². The van der Waals surface area contributed by atoms with Gasteiger partial charge in [-0.05, 0) is 17.7 Å². The van der Waals surface area contributed by atoms with Gasteiger partial charge in [0.15, 0.2) is 5.82 Å². The Balaban J connectivity index is 2.06. The summed E-state index contributed by atoms with van der Waals surface area (Å²) >= 11 is 0. The van der Waals surface area contributed by atoms with E-state index in [0.29, 0.717) is 12.3 Å². The Labute approximate surface area is 96.5 Å². The van der Waals surface area contributed by atoms with Crippen LogP contribution in [0.3, 0.4) is 0 Å². The molecule has 2 rings (SSSR count). The number of carbonyl (C=O) groups is 1. The Kier molecular flexibility index (Phi) is 3.04. The van der Waals surface area contributed by atoms with Crippen LogP contribution in [0.15, 0.2) is 28.8 Å². The number of rotatable bonds is 4. The van der Waals surface area contributed by atoms with Gasteiger partial charge in [-0.3, -0.25) is 4.79 Å². The van der Waals surface area contributed by atoms with Crippen molar-refractivity contribution in [3.63, 3.8) is 0 Å². The average Bonchev–Trinajstić information content (AvgIpc) is 2.68. The maximum Gasteiger partial charge on any atom is 0.311 e. The first kappa shape index (κ1) is 11.1. The molecule has 0 saturated heterocycles. The molecule has 0 radical (unpaired) electrons.